The van der Waals surface area contributed by atoms with Crippen LogP contribution in [0.15, 0.2) is 48.5 Å². The molecule has 0 aliphatic rings. The minimum atomic E-state index is 1.16. The molecule has 0 N–H and O–H groups in total. The van der Waals surface area contributed by atoms with Gasteiger partial charge in [-0.25, -0.2) is 0 Å². The number of alkyl halides is 1. The van der Waals surface area contributed by atoms with Gasteiger partial charge >= 0.3 is 0 Å². The quantitative estimate of drug-likeness (QED) is 0.161. The second kappa shape index (κ2) is 18.2. The normalized spacial score (nSPS) is 10.4. The Morgan fingerprint density at radius 1 is 0.469 bits per heavy atom. The molecule has 2 aromatic rings. The summed E-state index contributed by atoms with van der Waals surface area (Å²) in [7, 11) is 0. The Hall–Kier alpha value is -1.23. The Morgan fingerprint density at radius 3 is 0.938 bits per heavy atom. The second-order valence-electron chi connectivity index (χ2n) is 8.48. The summed E-state index contributed by atoms with van der Waals surface area (Å²) in [6.45, 7) is 13.7. The van der Waals surface area contributed by atoms with Gasteiger partial charge in [0.25, 0.3) is 0 Å². The summed E-state index contributed by atoms with van der Waals surface area (Å²) in [4.78, 5) is 7.08. The van der Waals surface area contributed by atoms with Crippen LogP contribution in [0.3, 0.4) is 0 Å². The van der Waals surface area contributed by atoms with Crippen molar-refractivity contribution in [2.45, 2.75) is 79.1 Å². The smallest absolute Gasteiger partial charge is 0.0366 e. The average molecular weight is 551 g/mol. The summed E-state index contributed by atoms with van der Waals surface area (Å²) < 4.78 is 0. The van der Waals surface area contributed by atoms with Gasteiger partial charge in [-0.05, 0) is 66.0 Å². The van der Waals surface area contributed by atoms with Crippen molar-refractivity contribution >= 4 is 34.0 Å². The number of rotatable bonds is 15. The summed E-state index contributed by atoms with van der Waals surface area (Å²) in [5.41, 5.74) is 5.35. The van der Waals surface area contributed by atoms with Crippen LogP contribution < -0.4 is 9.80 Å². The van der Waals surface area contributed by atoms with Crippen LogP contribution in [0.5, 0.6) is 0 Å². The van der Waals surface area contributed by atoms with Crippen LogP contribution in [0.25, 0.3) is 11.1 Å². The third kappa shape index (κ3) is 10.1. The summed E-state index contributed by atoms with van der Waals surface area (Å²) in [5, 5.41) is 0. The van der Waals surface area contributed by atoms with E-state index in [1.165, 1.54) is 73.9 Å². The van der Waals surface area contributed by atoms with Crippen LogP contribution in [0.4, 0.5) is 11.4 Å². The predicted molar refractivity (Wildman–Crippen MR) is 156 cm³/mol. The zero-order chi connectivity index (χ0) is 23.6. The minimum absolute atomic E-state index is 1.16. The molecule has 0 aromatic heterocycles. The maximum absolute atomic E-state index is 2.55. The Bertz CT molecular complexity index is 604. The van der Waals surface area contributed by atoms with E-state index in [4.69, 9.17) is 0 Å². The molecule has 0 radical (unpaired) electrons. The first-order valence-corrected chi connectivity index (χ1v) is 15.0. The second-order valence-corrected chi connectivity index (χ2v) is 8.48. The summed E-state index contributed by atoms with van der Waals surface area (Å²) in [5.74, 6) is 0. The SMILES string of the molecule is CCCCN(CCCC)c1ccc(-c2ccc(N(CCCC)CCCC)cc2)cc1.CI. The Kier molecular flexibility index (Phi) is 16.4. The van der Waals surface area contributed by atoms with Gasteiger partial charge in [0, 0.05) is 37.6 Å². The Labute approximate surface area is 212 Å². The first-order valence-electron chi connectivity index (χ1n) is 12.8. The number of hydrogen-bond acceptors (Lipinski definition) is 2. The predicted octanol–water partition coefficient (Wildman–Crippen LogP) is 9.22. The van der Waals surface area contributed by atoms with Crippen molar-refractivity contribution in [1.29, 1.82) is 0 Å². The molecule has 32 heavy (non-hydrogen) atoms. The molecule has 3 heteroatoms. The number of anilines is 2. The number of unbranched alkanes of at least 4 members (excludes halogenated alkanes) is 4. The standard InChI is InChI=1S/C28H44N2.CH3I/c1-5-9-21-29(22-10-6-2)27-17-13-25(14-18-27)26-15-19-28(20-16-26)30(23-11-7-3)24-12-8-4;1-2/h13-20H,5-12,21-24H2,1-4H3;1H3. The molecule has 0 unspecified atom stereocenters. The molecule has 0 amide bonds. The monoisotopic (exact) mass is 550 g/mol. The highest BCUT2D eigenvalue weighted by Crippen LogP contribution is 2.26. The lowest BCUT2D eigenvalue weighted by Crippen LogP contribution is -2.25. The van der Waals surface area contributed by atoms with Gasteiger partial charge < -0.3 is 9.80 Å². The summed E-state index contributed by atoms with van der Waals surface area (Å²) >= 11 is 2.15. The molecule has 0 spiro atoms. The molecule has 0 aliphatic carbocycles. The lowest BCUT2D eigenvalue weighted by Gasteiger charge is -2.25. The van der Waals surface area contributed by atoms with Crippen LogP contribution in [0.2, 0.25) is 0 Å². The van der Waals surface area contributed by atoms with Gasteiger partial charge in [0.05, 0.1) is 0 Å². The minimum Gasteiger partial charge on any atom is -0.372 e. The number of benzene rings is 2. The van der Waals surface area contributed by atoms with E-state index in [1.807, 2.05) is 4.93 Å². The molecule has 0 atom stereocenters. The lowest BCUT2D eigenvalue weighted by molar-refractivity contribution is 0.678. The zero-order valence-corrected chi connectivity index (χ0v) is 23.5. The highest BCUT2D eigenvalue weighted by atomic mass is 127. The van der Waals surface area contributed by atoms with Gasteiger partial charge in [-0.1, -0.05) is 100 Å². The van der Waals surface area contributed by atoms with Crippen molar-refractivity contribution in [2.75, 3.05) is 40.9 Å². The van der Waals surface area contributed by atoms with E-state index >= 15 is 0 Å². The molecule has 2 aromatic carbocycles. The van der Waals surface area contributed by atoms with Crippen molar-refractivity contribution in [2.24, 2.45) is 0 Å². The number of halogens is 1. The van der Waals surface area contributed by atoms with Crippen molar-refractivity contribution in [3.63, 3.8) is 0 Å². The van der Waals surface area contributed by atoms with E-state index in [-0.39, 0.29) is 0 Å². The average Bonchev–Trinajstić information content (AvgIpc) is 2.86. The van der Waals surface area contributed by atoms with Gasteiger partial charge in [-0.2, -0.15) is 0 Å². The van der Waals surface area contributed by atoms with E-state index in [9.17, 15) is 0 Å². The molecule has 0 aliphatic heterocycles. The largest absolute Gasteiger partial charge is 0.372 e. The zero-order valence-electron chi connectivity index (χ0n) is 21.4. The molecule has 0 bridgehead atoms. The third-order valence-electron chi connectivity index (χ3n) is 5.92. The fraction of sp³-hybridized carbons (Fsp3) is 0.586. The van der Waals surface area contributed by atoms with Gasteiger partial charge in [0.2, 0.25) is 0 Å². The molecule has 0 heterocycles. The van der Waals surface area contributed by atoms with Crippen molar-refractivity contribution in [3.05, 3.63) is 48.5 Å². The molecule has 0 saturated carbocycles. The fourth-order valence-corrected chi connectivity index (χ4v) is 3.87. The molecule has 0 fully saturated rings. The van der Waals surface area contributed by atoms with E-state index in [0.29, 0.717) is 0 Å². The topological polar surface area (TPSA) is 6.48 Å². The molecule has 180 valence electrons. The Morgan fingerprint density at radius 2 is 0.719 bits per heavy atom. The van der Waals surface area contributed by atoms with E-state index in [0.717, 1.165) is 26.2 Å². The van der Waals surface area contributed by atoms with Crippen LogP contribution in [0, 0.1) is 0 Å². The van der Waals surface area contributed by atoms with E-state index in [2.05, 4.69) is 109 Å². The molecule has 2 nitrogen and oxygen atoms in total. The highest BCUT2D eigenvalue weighted by molar-refractivity contribution is 14.1. The fourth-order valence-electron chi connectivity index (χ4n) is 3.87. The van der Waals surface area contributed by atoms with Crippen molar-refractivity contribution in [3.8, 4) is 11.1 Å². The molecule has 2 rings (SSSR count). The molecular weight excluding hydrogens is 503 g/mol. The van der Waals surface area contributed by atoms with Gasteiger partial charge in [-0.15, -0.1) is 0 Å². The van der Waals surface area contributed by atoms with Crippen LogP contribution >= 0.6 is 22.6 Å². The van der Waals surface area contributed by atoms with Crippen molar-refractivity contribution in [1.82, 2.24) is 0 Å². The first kappa shape index (κ1) is 28.8. The van der Waals surface area contributed by atoms with Crippen molar-refractivity contribution < 1.29 is 0 Å². The highest BCUT2D eigenvalue weighted by Gasteiger charge is 2.08. The van der Waals surface area contributed by atoms with Gasteiger partial charge in [0.1, 0.15) is 0 Å². The van der Waals surface area contributed by atoms with Crippen LogP contribution in [-0.2, 0) is 0 Å². The summed E-state index contributed by atoms with van der Waals surface area (Å²) in [6, 6.07) is 18.4. The lowest BCUT2D eigenvalue weighted by atomic mass is 10.0. The molecular formula is C29H47IN2. The number of nitrogens with zero attached hydrogens (tertiary/aromatic N) is 2. The number of hydrogen-bond donors (Lipinski definition) is 0. The van der Waals surface area contributed by atoms with E-state index < -0.39 is 0 Å². The van der Waals surface area contributed by atoms with Gasteiger partial charge in [0.15, 0.2) is 0 Å². The molecule has 0 saturated heterocycles. The maximum Gasteiger partial charge on any atom is 0.0366 e. The summed E-state index contributed by atoms with van der Waals surface area (Å²) in [6.07, 6.45) is 10.1. The van der Waals surface area contributed by atoms with E-state index in [1.54, 1.807) is 0 Å². The third-order valence-corrected chi connectivity index (χ3v) is 5.92. The van der Waals surface area contributed by atoms with Crippen LogP contribution in [0.1, 0.15) is 79.1 Å². The first-order chi connectivity index (χ1) is 15.7. The van der Waals surface area contributed by atoms with Gasteiger partial charge in [-0.3, -0.25) is 0 Å². The Balaban J connectivity index is 0.00000249. The maximum atomic E-state index is 2.55. The van der Waals surface area contributed by atoms with Crippen LogP contribution in [-0.4, -0.2) is 31.1 Å².